The Kier molecular flexibility index (Phi) is 10.2. The molecule has 2 atom stereocenters. The number of hydroxylamine groups is 2. The zero-order chi connectivity index (χ0) is 25.1. The minimum Gasteiger partial charge on any atom is -0.339 e. The highest BCUT2D eigenvalue weighted by molar-refractivity contribution is 5.97. The number of halogens is 2. The molecule has 2 aromatic rings. The van der Waals surface area contributed by atoms with Gasteiger partial charge in [-0.2, -0.15) is 0 Å². The van der Waals surface area contributed by atoms with Gasteiger partial charge in [0.1, 0.15) is 6.04 Å². The van der Waals surface area contributed by atoms with Crippen molar-refractivity contribution in [2.24, 2.45) is 5.73 Å². The predicted molar refractivity (Wildman–Crippen MR) is 124 cm³/mol. The third kappa shape index (κ3) is 8.64. The van der Waals surface area contributed by atoms with E-state index in [1.165, 1.54) is 0 Å². The molecule has 0 fully saturated rings. The second-order valence-electron chi connectivity index (χ2n) is 7.47. The number of rotatable bonds is 8. The van der Waals surface area contributed by atoms with E-state index in [1.807, 2.05) is 12.1 Å². The van der Waals surface area contributed by atoms with Crippen molar-refractivity contribution in [1.29, 1.82) is 0 Å². The maximum Gasteiger partial charge on any atom is 0.269 e. The molecule has 2 amide bonds. The Hall–Kier alpha value is -3.76. The quantitative estimate of drug-likeness (QED) is 0.268. The Morgan fingerprint density at radius 1 is 1.03 bits per heavy atom. The normalized spacial score (nSPS) is 12.0. The molecular weight excluding hydrogens is 442 g/mol. The average molecular weight is 469 g/mol. The van der Waals surface area contributed by atoms with Gasteiger partial charge in [0.25, 0.3) is 18.2 Å². The molecular formula is C25H26F2N4O3. The van der Waals surface area contributed by atoms with Crippen LogP contribution in [0.25, 0.3) is 0 Å². The van der Waals surface area contributed by atoms with E-state index in [4.69, 9.17) is 5.73 Å². The molecule has 0 radical (unpaired) electrons. The van der Waals surface area contributed by atoms with E-state index in [0.29, 0.717) is 22.7 Å². The second kappa shape index (κ2) is 13.1. The van der Waals surface area contributed by atoms with Crippen LogP contribution >= 0.6 is 0 Å². The van der Waals surface area contributed by atoms with Gasteiger partial charge in [-0.1, -0.05) is 24.0 Å². The number of amides is 2. The summed E-state index contributed by atoms with van der Waals surface area (Å²) in [4.78, 5) is 24.4. The van der Waals surface area contributed by atoms with Gasteiger partial charge in [0.05, 0.1) is 6.54 Å². The van der Waals surface area contributed by atoms with Crippen molar-refractivity contribution in [3.63, 3.8) is 0 Å². The van der Waals surface area contributed by atoms with Crippen molar-refractivity contribution < 1.29 is 23.6 Å². The Morgan fingerprint density at radius 3 is 2.03 bits per heavy atom. The number of carbonyl (C=O) groups is 2. The number of nitrogens with two attached hydrogens (primary N) is 1. The van der Waals surface area contributed by atoms with Gasteiger partial charge < -0.3 is 16.4 Å². The van der Waals surface area contributed by atoms with Crippen molar-refractivity contribution in [1.82, 2.24) is 15.7 Å². The Morgan fingerprint density at radius 2 is 1.56 bits per heavy atom. The van der Waals surface area contributed by atoms with Gasteiger partial charge in [-0.15, -0.1) is 0 Å². The van der Waals surface area contributed by atoms with Crippen molar-refractivity contribution in [3.05, 3.63) is 70.8 Å². The molecule has 0 heterocycles. The van der Waals surface area contributed by atoms with E-state index < -0.39 is 30.3 Å². The zero-order valence-electron chi connectivity index (χ0n) is 18.8. The lowest BCUT2D eigenvalue weighted by atomic mass is 10.1. The summed E-state index contributed by atoms with van der Waals surface area (Å²) in [5.41, 5.74) is 8.30. The molecule has 0 unspecified atom stereocenters. The third-order valence-corrected chi connectivity index (χ3v) is 4.60. The van der Waals surface area contributed by atoms with Gasteiger partial charge in [0.15, 0.2) is 0 Å². The first kappa shape index (κ1) is 26.5. The van der Waals surface area contributed by atoms with Crippen LogP contribution in [0, 0.1) is 23.7 Å². The highest BCUT2D eigenvalue weighted by Crippen LogP contribution is 2.06. The lowest BCUT2D eigenvalue weighted by Crippen LogP contribution is -2.54. The molecule has 0 saturated carbocycles. The van der Waals surface area contributed by atoms with Gasteiger partial charge in [-0.05, 0) is 60.7 Å². The maximum atomic E-state index is 12.4. The van der Waals surface area contributed by atoms with E-state index in [-0.39, 0.29) is 6.54 Å². The summed E-state index contributed by atoms with van der Waals surface area (Å²) in [5.74, 6) is 10.0. The Bertz CT molecular complexity index is 1090. The summed E-state index contributed by atoms with van der Waals surface area (Å²) in [7, 11) is 1.16. The van der Waals surface area contributed by atoms with Gasteiger partial charge in [-0.3, -0.25) is 14.8 Å². The monoisotopic (exact) mass is 468 g/mol. The SMILES string of the molecule is C[C@@H](N)[C@H](NC(=O)c1ccc(C#CC#Cc2ccc(CNCC(F)F)cc2)cc1)C(=O)N(C)O. The molecule has 2 aromatic carbocycles. The van der Waals surface area contributed by atoms with Crippen molar-refractivity contribution in [3.8, 4) is 23.7 Å². The second-order valence-corrected chi connectivity index (χ2v) is 7.47. The van der Waals surface area contributed by atoms with Crippen LogP contribution in [-0.4, -0.2) is 54.2 Å². The predicted octanol–water partition coefficient (Wildman–Crippen LogP) is 1.74. The number of benzene rings is 2. The molecule has 0 aliphatic heterocycles. The summed E-state index contributed by atoms with van der Waals surface area (Å²) in [5, 5.41) is 14.9. The highest BCUT2D eigenvalue weighted by Gasteiger charge is 2.27. The number of alkyl halides is 2. The molecule has 0 saturated heterocycles. The molecule has 0 aliphatic rings. The minimum atomic E-state index is -2.38. The standard InChI is InChI=1S/C25H26F2N4O3/c1-17(28)23(25(33)31(2)34)30-24(32)21-13-11-19(12-14-21)6-4-3-5-18-7-9-20(10-8-18)15-29-16-22(26)27/h7-14,17,22-23,29,34H,15-16,28H2,1-2H3,(H,30,32)/t17-,23+/m1/s1. The van der Waals surface area contributed by atoms with Crippen LogP contribution in [0.4, 0.5) is 8.78 Å². The lowest BCUT2D eigenvalue weighted by Gasteiger charge is -2.23. The fraction of sp³-hybridized carbons (Fsp3) is 0.280. The van der Waals surface area contributed by atoms with Crippen LogP contribution in [0.15, 0.2) is 48.5 Å². The maximum absolute atomic E-state index is 12.4. The van der Waals surface area contributed by atoms with Crippen LogP contribution in [0.1, 0.15) is 34.0 Å². The van der Waals surface area contributed by atoms with Crippen LogP contribution in [-0.2, 0) is 11.3 Å². The summed E-state index contributed by atoms with van der Waals surface area (Å²) in [6.07, 6.45) is -2.38. The first-order valence-electron chi connectivity index (χ1n) is 10.4. The van der Waals surface area contributed by atoms with Crippen LogP contribution < -0.4 is 16.4 Å². The molecule has 0 spiro atoms. The summed E-state index contributed by atoms with van der Waals surface area (Å²) in [6, 6.07) is 11.8. The van der Waals surface area contributed by atoms with E-state index in [1.54, 1.807) is 43.3 Å². The topological polar surface area (TPSA) is 108 Å². The zero-order valence-corrected chi connectivity index (χ0v) is 18.8. The Balaban J connectivity index is 1.95. The summed E-state index contributed by atoms with van der Waals surface area (Å²) < 4.78 is 24.3. The Labute approximate surface area is 197 Å². The fourth-order valence-electron chi connectivity index (χ4n) is 2.79. The first-order valence-corrected chi connectivity index (χ1v) is 10.4. The van der Waals surface area contributed by atoms with Crippen molar-refractivity contribution >= 4 is 11.8 Å². The highest BCUT2D eigenvalue weighted by atomic mass is 19.3. The molecule has 0 aromatic heterocycles. The van der Waals surface area contributed by atoms with Crippen LogP contribution in [0.5, 0.6) is 0 Å². The smallest absolute Gasteiger partial charge is 0.269 e. The fourth-order valence-corrected chi connectivity index (χ4v) is 2.79. The number of likely N-dealkylation sites (N-methyl/N-ethyl adjacent to an activating group) is 1. The third-order valence-electron chi connectivity index (χ3n) is 4.60. The number of hydrogen-bond donors (Lipinski definition) is 4. The summed E-state index contributed by atoms with van der Waals surface area (Å²) >= 11 is 0. The van der Waals surface area contributed by atoms with Gasteiger partial charge in [0.2, 0.25) is 0 Å². The van der Waals surface area contributed by atoms with Gasteiger partial charge >= 0.3 is 0 Å². The largest absolute Gasteiger partial charge is 0.339 e. The van der Waals surface area contributed by atoms with E-state index in [9.17, 15) is 23.6 Å². The molecule has 0 bridgehead atoms. The van der Waals surface area contributed by atoms with Gasteiger partial charge in [-0.25, -0.2) is 13.8 Å². The lowest BCUT2D eigenvalue weighted by molar-refractivity contribution is -0.161. The van der Waals surface area contributed by atoms with Crippen LogP contribution in [0.3, 0.4) is 0 Å². The van der Waals surface area contributed by atoms with E-state index >= 15 is 0 Å². The van der Waals surface area contributed by atoms with Gasteiger partial charge in [0, 0.05) is 36.3 Å². The first-order chi connectivity index (χ1) is 16.2. The number of carbonyl (C=O) groups excluding carboxylic acids is 2. The molecule has 0 aliphatic carbocycles. The van der Waals surface area contributed by atoms with Crippen molar-refractivity contribution in [2.45, 2.75) is 32.0 Å². The molecule has 5 N–H and O–H groups in total. The molecule has 2 rings (SSSR count). The molecule has 178 valence electrons. The molecule has 34 heavy (non-hydrogen) atoms. The number of hydrogen-bond acceptors (Lipinski definition) is 5. The van der Waals surface area contributed by atoms with E-state index in [2.05, 4.69) is 34.3 Å². The number of nitrogens with zero attached hydrogens (tertiary/aromatic N) is 1. The average Bonchev–Trinajstić information content (AvgIpc) is 2.80. The molecule has 7 nitrogen and oxygen atoms in total. The summed E-state index contributed by atoms with van der Waals surface area (Å²) in [6.45, 7) is 1.55. The number of nitrogens with one attached hydrogen (secondary N) is 2. The van der Waals surface area contributed by atoms with E-state index in [0.717, 1.165) is 18.2 Å². The van der Waals surface area contributed by atoms with Crippen LogP contribution in [0.2, 0.25) is 0 Å². The molecule has 9 heteroatoms. The van der Waals surface area contributed by atoms with Crippen molar-refractivity contribution in [2.75, 3.05) is 13.6 Å². The minimum absolute atomic E-state index is 0.304.